The average molecular weight is 269 g/mol. The Morgan fingerprint density at radius 2 is 1.95 bits per heavy atom. The van der Waals surface area contributed by atoms with Gasteiger partial charge in [-0.3, -0.25) is 4.79 Å². The maximum Gasteiger partial charge on any atom is 0.222 e. The largest absolute Gasteiger partial charge is 0.385 e. The molecule has 3 nitrogen and oxygen atoms in total. The Kier molecular flexibility index (Phi) is 8.11. The fraction of sp³-hybridized carbons (Fsp3) is 0.938. The third-order valence-corrected chi connectivity index (χ3v) is 4.02. The molecule has 0 aliphatic heterocycles. The van der Waals surface area contributed by atoms with Crippen LogP contribution in [0.1, 0.15) is 65.2 Å². The first-order valence-corrected chi connectivity index (χ1v) is 7.93. The highest BCUT2D eigenvalue weighted by Gasteiger charge is 2.24. The zero-order valence-electron chi connectivity index (χ0n) is 13.0. The Morgan fingerprint density at radius 3 is 2.53 bits per heavy atom. The molecule has 0 bridgehead atoms. The maximum atomic E-state index is 12.4. The van der Waals surface area contributed by atoms with E-state index in [1.54, 1.807) is 7.11 Å². The van der Waals surface area contributed by atoms with Crippen LogP contribution in [0.5, 0.6) is 0 Å². The number of amides is 1. The first kappa shape index (κ1) is 16.5. The predicted molar refractivity (Wildman–Crippen MR) is 79.2 cm³/mol. The molecule has 0 aromatic carbocycles. The van der Waals surface area contributed by atoms with Gasteiger partial charge in [0.15, 0.2) is 0 Å². The van der Waals surface area contributed by atoms with Gasteiger partial charge in [-0.25, -0.2) is 0 Å². The van der Waals surface area contributed by atoms with Crippen LogP contribution >= 0.6 is 0 Å². The fourth-order valence-corrected chi connectivity index (χ4v) is 2.81. The SMILES string of the molecule is COCCCC(=O)N(CCC(C)C)C1CCCCC1. The van der Waals surface area contributed by atoms with E-state index in [9.17, 15) is 4.79 Å². The molecule has 1 rings (SSSR count). The van der Waals surface area contributed by atoms with E-state index in [1.807, 2.05) is 0 Å². The molecule has 1 aliphatic rings. The van der Waals surface area contributed by atoms with Gasteiger partial charge < -0.3 is 9.64 Å². The minimum absolute atomic E-state index is 0.338. The molecule has 1 amide bonds. The number of methoxy groups -OCH3 is 1. The predicted octanol–water partition coefficient (Wildman–Crippen LogP) is 3.62. The highest BCUT2D eigenvalue weighted by Crippen LogP contribution is 2.24. The van der Waals surface area contributed by atoms with E-state index in [1.165, 1.54) is 32.1 Å². The van der Waals surface area contributed by atoms with Crippen LogP contribution in [0.4, 0.5) is 0 Å². The third kappa shape index (κ3) is 6.42. The number of nitrogens with zero attached hydrogens (tertiary/aromatic N) is 1. The first-order chi connectivity index (χ1) is 9.15. The molecule has 112 valence electrons. The van der Waals surface area contributed by atoms with E-state index in [2.05, 4.69) is 18.7 Å². The van der Waals surface area contributed by atoms with Crippen molar-refractivity contribution in [2.75, 3.05) is 20.3 Å². The molecule has 0 aromatic rings. The van der Waals surface area contributed by atoms with Gasteiger partial charge in [-0.05, 0) is 31.6 Å². The van der Waals surface area contributed by atoms with Crippen molar-refractivity contribution in [2.24, 2.45) is 5.92 Å². The van der Waals surface area contributed by atoms with Crippen LogP contribution in [-0.2, 0) is 9.53 Å². The number of ether oxygens (including phenoxy) is 1. The number of hydrogen-bond donors (Lipinski definition) is 0. The molecule has 0 aromatic heterocycles. The van der Waals surface area contributed by atoms with E-state index in [0.717, 1.165) is 19.4 Å². The summed E-state index contributed by atoms with van der Waals surface area (Å²) in [4.78, 5) is 14.6. The van der Waals surface area contributed by atoms with Crippen LogP contribution in [0.25, 0.3) is 0 Å². The van der Waals surface area contributed by atoms with Crippen LogP contribution in [0.3, 0.4) is 0 Å². The normalized spacial score (nSPS) is 16.8. The summed E-state index contributed by atoms with van der Waals surface area (Å²) in [5.74, 6) is 1.00. The second-order valence-electron chi connectivity index (χ2n) is 6.16. The lowest BCUT2D eigenvalue weighted by atomic mass is 9.93. The fourth-order valence-electron chi connectivity index (χ4n) is 2.81. The minimum Gasteiger partial charge on any atom is -0.385 e. The molecule has 0 N–H and O–H groups in total. The van der Waals surface area contributed by atoms with Crippen molar-refractivity contribution >= 4 is 5.91 Å². The van der Waals surface area contributed by atoms with Crippen molar-refractivity contribution in [3.05, 3.63) is 0 Å². The summed E-state index contributed by atoms with van der Waals surface area (Å²) < 4.78 is 5.04. The van der Waals surface area contributed by atoms with E-state index in [4.69, 9.17) is 4.74 Å². The smallest absolute Gasteiger partial charge is 0.222 e. The molecule has 1 saturated carbocycles. The zero-order valence-corrected chi connectivity index (χ0v) is 13.0. The Bertz CT molecular complexity index is 247. The van der Waals surface area contributed by atoms with Gasteiger partial charge >= 0.3 is 0 Å². The summed E-state index contributed by atoms with van der Waals surface area (Å²) >= 11 is 0. The molecule has 0 atom stereocenters. The summed E-state index contributed by atoms with van der Waals surface area (Å²) in [5.41, 5.74) is 0. The topological polar surface area (TPSA) is 29.5 Å². The molecule has 3 heteroatoms. The van der Waals surface area contributed by atoms with E-state index >= 15 is 0 Å². The molecule has 0 radical (unpaired) electrons. The quantitative estimate of drug-likeness (QED) is 0.630. The van der Waals surface area contributed by atoms with Crippen molar-refractivity contribution in [1.29, 1.82) is 0 Å². The highest BCUT2D eigenvalue weighted by atomic mass is 16.5. The lowest BCUT2D eigenvalue weighted by molar-refractivity contribution is -0.134. The van der Waals surface area contributed by atoms with Gasteiger partial charge in [-0.15, -0.1) is 0 Å². The van der Waals surface area contributed by atoms with Crippen LogP contribution < -0.4 is 0 Å². The summed E-state index contributed by atoms with van der Waals surface area (Å²) in [7, 11) is 1.70. The van der Waals surface area contributed by atoms with Crippen LogP contribution in [0.15, 0.2) is 0 Å². The van der Waals surface area contributed by atoms with Gasteiger partial charge in [0, 0.05) is 32.7 Å². The summed E-state index contributed by atoms with van der Waals surface area (Å²) in [6, 6.07) is 0.502. The number of hydrogen-bond acceptors (Lipinski definition) is 2. The second-order valence-corrected chi connectivity index (χ2v) is 6.16. The van der Waals surface area contributed by atoms with Crippen molar-refractivity contribution in [1.82, 2.24) is 4.90 Å². The van der Waals surface area contributed by atoms with Gasteiger partial charge in [0.2, 0.25) is 5.91 Å². The molecular weight excluding hydrogens is 238 g/mol. The van der Waals surface area contributed by atoms with Gasteiger partial charge in [-0.2, -0.15) is 0 Å². The molecular formula is C16H31NO2. The van der Waals surface area contributed by atoms with Crippen molar-refractivity contribution in [2.45, 2.75) is 71.3 Å². The Balaban J connectivity index is 2.48. The van der Waals surface area contributed by atoms with Crippen molar-refractivity contribution < 1.29 is 9.53 Å². The number of carbonyl (C=O) groups is 1. The molecule has 0 unspecified atom stereocenters. The van der Waals surface area contributed by atoms with E-state index in [0.29, 0.717) is 30.9 Å². The van der Waals surface area contributed by atoms with Crippen molar-refractivity contribution in [3.63, 3.8) is 0 Å². The molecule has 0 heterocycles. The number of rotatable bonds is 8. The molecule has 19 heavy (non-hydrogen) atoms. The standard InChI is InChI=1S/C16H31NO2/c1-14(2)11-12-17(15-8-5-4-6-9-15)16(18)10-7-13-19-3/h14-15H,4-13H2,1-3H3. The Morgan fingerprint density at radius 1 is 1.26 bits per heavy atom. The molecule has 0 saturated heterocycles. The van der Waals surface area contributed by atoms with Crippen LogP contribution in [0.2, 0.25) is 0 Å². The highest BCUT2D eigenvalue weighted by molar-refractivity contribution is 5.76. The summed E-state index contributed by atoms with van der Waals surface area (Å²) in [6.07, 6.45) is 8.92. The lowest BCUT2D eigenvalue weighted by Gasteiger charge is -2.35. The summed E-state index contributed by atoms with van der Waals surface area (Å²) in [6.45, 7) is 6.09. The average Bonchev–Trinajstić information content (AvgIpc) is 2.40. The second kappa shape index (κ2) is 9.35. The van der Waals surface area contributed by atoms with E-state index < -0.39 is 0 Å². The molecule has 1 fully saturated rings. The number of carbonyl (C=O) groups excluding carboxylic acids is 1. The van der Waals surface area contributed by atoms with Crippen LogP contribution in [-0.4, -0.2) is 37.1 Å². The van der Waals surface area contributed by atoms with Crippen LogP contribution in [0, 0.1) is 5.92 Å². The van der Waals surface area contributed by atoms with Gasteiger partial charge in [0.1, 0.15) is 0 Å². The van der Waals surface area contributed by atoms with Gasteiger partial charge in [-0.1, -0.05) is 33.1 Å². The zero-order chi connectivity index (χ0) is 14.1. The lowest BCUT2D eigenvalue weighted by Crippen LogP contribution is -2.42. The summed E-state index contributed by atoms with van der Waals surface area (Å²) in [5, 5.41) is 0. The van der Waals surface area contributed by atoms with Gasteiger partial charge in [0.05, 0.1) is 0 Å². The molecule has 1 aliphatic carbocycles. The third-order valence-electron chi connectivity index (χ3n) is 4.02. The minimum atomic E-state index is 0.338. The van der Waals surface area contributed by atoms with Crippen molar-refractivity contribution in [3.8, 4) is 0 Å². The molecule has 0 spiro atoms. The Labute approximate surface area is 118 Å². The van der Waals surface area contributed by atoms with E-state index in [-0.39, 0.29) is 0 Å². The first-order valence-electron chi connectivity index (χ1n) is 7.93. The maximum absolute atomic E-state index is 12.4. The monoisotopic (exact) mass is 269 g/mol. The Hall–Kier alpha value is -0.570. The van der Waals surface area contributed by atoms with Gasteiger partial charge in [0.25, 0.3) is 0 Å².